The first-order chi connectivity index (χ1) is 19.9. The summed E-state index contributed by atoms with van der Waals surface area (Å²) in [5.74, 6) is -0.108. The van der Waals surface area contributed by atoms with Gasteiger partial charge in [-0.05, 0) is 54.6 Å². The van der Waals surface area contributed by atoms with Crippen LogP contribution in [0.25, 0.3) is 11.4 Å². The minimum Gasteiger partial charge on any atom is -0.392 e. The number of aliphatic hydroxyl groups is 1. The Balaban J connectivity index is 1.35. The Morgan fingerprint density at radius 2 is 1.63 bits per heavy atom. The molecular weight excluding hydrogens is 524 g/mol. The molecule has 0 saturated carbocycles. The lowest BCUT2D eigenvalue weighted by Gasteiger charge is -2.28. The third-order valence-corrected chi connectivity index (χ3v) is 6.44. The van der Waals surface area contributed by atoms with Crippen molar-refractivity contribution in [1.29, 1.82) is 0 Å². The molecule has 1 aromatic heterocycles. The fraction of sp³-hybridized carbons (Fsp3) is 0.207. The number of rotatable bonds is 8. The first-order valence-corrected chi connectivity index (χ1v) is 13.0. The van der Waals surface area contributed by atoms with E-state index in [2.05, 4.69) is 35.8 Å². The van der Waals surface area contributed by atoms with Crippen LogP contribution in [0, 0.1) is 0 Å². The van der Waals surface area contributed by atoms with Gasteiger partial charge >= 0.3 is 0 Å². The highest BCUT2D eigenvalue weighted by atomic mass is 16.5. The molecule has 0 atom stereocenters. The SMILES string of the molecule is CC(=O)Nc1ccc(C(=O)Nc2cccc(-c3nc(N)nc(Nc4ccc(N5CCOCC5)cc4)n3)c2CO)cc1. The van der Waals surface area contributed by atoms with E-state index in [1.165, 1.54) is 6.92 Å². The Morgan fingerprint density at radius 1 is 0.927 bits per heavy atom. The number of nitrogen functional groups attached to an aromatic ring is 1. The molecule has 0 radical (unpaired) electrons. The van der Waals surface area contributed by atoms with E-state index in [0.29, 0.717) is 41.3 Å². The first-order valence-electron chi connectivity index (χ1n) is 13.0. The molecule has 210 valence electrons. The Kier molecular flexibility index (Phi) is 8.32. The predicted molar refractivity (Wildman–Crippen MR) is 157 cm³/mol. The van der Waals surface area contributed by atoms with Gasteiger partial charge in [0.15, 0.2) is 5.82 Å². The molecule has 3 aromatic carbocycles. The van der Waals surface area contributed by atoms with Crippen molar-refractivity contribution in [1.82, 2.24) is 15.0 Å². The number of carbonyl (C=O) groups excluding carboxylic acids is 2. The van der Waals surface area contributed by atoms with Crippen LogP contribution in [0.4, 0.5) is 34.6 Å². The fourth-order valence-corrected chi connectivity index (χ4v) is 4.46. The van der Waals surface area contributed by atoms with Crippen LogP contribution in [0.15, 0.2) is 66.7 Å². The highest BCUT2D eigenvalue weighted by molar-refractivity contribution is 6.05. The second-order valence-corrected chi connectivity index (χ2v) is 9.31. The highest BCUT2D eigenvalue weighted by Crippen LogP contribution is 2.29. The summed E-state index contributed by atoms with van der Waals surface area (Å²) in [6.45, 7) is 4.13. The zero-order valence-electron chi connectivity index (χ0n) is 22.4. The number of hydrogen-bond donors (Lipinski definition) is 5. The lowest BCUT2D eigenvalue weighted by atomic mass is 10.0. The first kappa shape index (κ1) is 27.5. The number of amides is 2. The van der Waals surface area contributed by atoms with Crippen molar-refractivity contribution >= 4 is 46.5 Å². The van der Waals surface area contributed by atoms with Crippen LogP contribution < -0.4 is 26.6 Å². The second-order valence-electron chi connectivity index (χ2n) is 9.31. The Morgan fingerprint density at radius 3 is 2.32 bits per heavy atom. The topological polar surface area (TPSA) is 168 Å². The maximum absolute atomic E-state index is 12.9. The molecule has 0 bridgehead atoms. The van der Waals surface area contributed by atoms with Gasteiger partial charge in [0.05, 0.1) is 19.8 Å². The van der Waals surface area contributed by atoms with E-state index in [0.717, 1.165) is 24.5 Å². The van der Waals surface area contributed by atoms with Crippen molar-refractivity contribution < 1.29 is 19.4 Å². The number of nitrogens with zero attached hydrogens (tertiary/aromatic N) is 4. The van der Waals surface area contributed by atoms with Gasteiger partial charge in [0.1, 0.15) is 0 Å². The summed E-state index contributed by atoms with van der Waals surface area (Å²) < 4.78 is 5.42. The van der Waals surface area contributed by atoms with Crippen LogP contribution in [0.5, 0.6) is 0 Å². The van der Waals surface area contributed by atoms with Gasteiger partial charge in [0, 0.05) is 59.5 Å². The average Bonchev–Trinajstić information content (AvgIpc) is 2.97. The zero-order valence-corrected chi connectivity index (χ0v) is 22.4. The Hall–Kier alpha value is -5.07. The summed E-state index contributed by atoms with van der Waals surface area (Å²) >= 11 is 0. The summed E-state index contributed by atoms with van der Waals surface area (Å²) in [5, 5.41) is 18.9. The van der Waals surface area contributed by atoms with Crippen molar-refractivity contribution in [2.75, 3.05) is 52.9 Å². The van der Waals surface area contributed by atoms with Gasteiger partial charge in [0.25, 0.3) is 5.91 Å². The van der Waals surface area contributed by atoms with Crippen molar-refractivity contribution in [3.8, 4) is 11.4 Å². The molecule has 12 nitrogen and oxygen atoms in total. The number of aromatic nitrogens is 3. The van der Waals surface area contributed by atoms with Crippen molar-refractivity contribution in [2.45, 2.75) is 13.5 Å². The van der Waals surface area contributed by atoms with Crippen LogP contribution in [0.1, 0.15) is 22.8 Å². The number of aliphatic hydroxyl groups excluding tert-OH is 1. The second kappa shape index (κ2) is 12.4. The standard InChI is InChI=1S/C29H30N8O4/c1-18(39)31-20-7-5-19(6-8-20)27(40)33-25-4-2-3-23(24(25)17-38)26-34-28(30)36-29(35-26)32-21-9-11-22(12-10-21)37-13-15-41-16-14-37/h2-12,38H,13-17H2,1H3,(H,31,39)(H,33,40)(H3,30,32,34,35,36). The summed E-state index contributed by atoms with van der Waals surface area (Å²) in [7, 11) is 0. The van der Waals surface area contributed by atoms with E-state index in [1.807, 2.05) is 24.3 Å². The summed E-state index contributed by atoms with van der Waals surface area (Å²) in [6, 6.07) is 19.5. The van der Waals surface area contributed by atoms with E-state index in [-0.39, 0.29) is 36.1 Å². The predicted octanol–water partition coefficient (Wildman–Crippen LogP) is 3.40. The molecule has 41 heavy (non-hydrogen) atoms. The molecule has 6 N–H and O–H groups in total. The molecular formula is C29H30N8O4. The van der Waals surface area contributed by atoms with Gasteiger partial charge in [-0.2, -0.15) is 15.0 Å². The molecule has 1 saturated heterocycles. The number of hydrogen-bond acceptors (Lipinski definition) is 10. The number of anilines is 6. The van der Waals surface area contributed by atoms with Crippen LogP contribution in [0.2, 0.25) is 0 Å². The van der Waals surface area contributed by atoms with Gasteiger partial charge in [0.2, 0.25) is 17.8 Å². The summed E-state index contributed by atoms with van der Waals surface area (Å²) in [6.07, 6.45) is 0. The zero-order chi connectivity index (χ0) is 28.8. The lowest BCUT2D eigenvalue weighted by Crippen LogP contribution is -2.36. The van der Waals surface area contributed by atoms with Crippen molar-refractivity contribution in [2.24, 2.45) is 0 Å². The average molecular weight is 555 g/mol. The molecule has 1 fully saturated rings. The van der Waals surface area contributed by atoms with Crippen LogP contribution in [0.3, 0.4) is 0 Å². The van der Waals surface area contributed by atoms with Gasteiger partial charge in [-0.3, -0.25) is 9.59 Å². The van der Waals surface area contributed by atoms with E-state index in [4.69, 9.17) is 10.5 Å². The number of carbonyl (C=O) groups is 2. The molecule has 0 spiro atoms. The quantitative estimate of drug-likeness (QED) is 0.218. The van der Waals surface area contributed by atoms with Gasteiger partial charge in [-0.15, -0.1) is 0 Å². The van der Waals surface area contributed by atoms with E-state index < -0.39 is 0 Å². The maximum atomic E-state index is 12.9. The summed E-state index contributed by atoms with van der Waals surface area (Å²) in [5.41, 5.74) is 10.2. The number of ether oxygens (including phenoxy) is 1. The molecule has 2 heterocycles. The molecule has 1 aliphatic heterocycles. The molecule has 0 aliphatic carbocycles. The smallest absolute Gasteiger partial charge is 0.255 e. The van der Waals surface area contributed by atoms with Crippen LogP contribution >= 0.6 is 0 Å². The molecule has 4 aromatic rings. The number of benzene rings is 3. The Bertz CT molecular complexity index is 1540. The number of morpholine rings is 1. The minimum absolute atomic E-state index is 0.0000235. The van der Waals surface area contributed by atoms with E-state index in [9.17, 15) is 14.7 Å². The van der Waals surface area contributed by atoms with Gasteiger partial charge < -0.3 is 36.4 Å². The number of nitrogens with one attached hydrogen (secondary N) is 3. The molecule has 1 aliphatic rings. The van der Waals surface area contributed by atoms with E-state index >= 15 is 0 Å². The molecule has 2 amide bonds. The normalized spacial score (nSPS) is 13.0. The molecule has 5 rings (SSSR count). The fourth-order valence-electron chi connectivity index (χ4n) is 4.46. The van der Waals surface area contributed by atoms with Crippen molar-refractivity contribution in [3.63, 3.8) is 0 Å². The minimum atomic E-state index is -0.385. The lowest BCUT2D eigenvalue weighted by molar-refractivity contribution is -0.114. The molecule has 12 heteroatoms. The maximum Gasteiger partial charge on any atom is 0.255 e. The monoisotopic (exact) mass is 554 g/mol. The Labute approximate surface area is 236 Å². The van der Waals surface area contributed by atoms with Crippen LogP contribution in [-0.4, -0.2) is 58.2 Å². The van der Waals surface area contributed by atoms with Crippen molar-refractivity contribution in [3.05, 3.63) is 77.9 Å². The van der Waals surface area contributed by atoms with Gasteiger partial charge in [-0.1, -0.05) is 12.1 Å². The largest absolute Gasteiger partial charge is 0.392 e. The number of nitrogens with two attached hydrogens (primary N) is 1. The molecule has 0 unspecified atom stereocenters. The third kappa shape index (κ3) is 6.75. The summed E-state index contributed by atoms with van der Waals surface area (Å²) in [4.78, 5) is 39.5. The third-order valence-electron chi connectivity index (χ3n) is 6.44. The highest BCUT2D eigenvalue weighted by Gasteiger charge is 2.17. The van der Waals surface area contributed by atoms with Crippen LogP contribution in [-0.2, 0) is 16.1 Å². The van der Waals surface area contributed by atoms with Gasteiger partial charge in [-0.25, -0.2) is 0 Å². The van der Waals surface area contributed by atoms with E-state index in [1.54, 1.807) is 42.5 Å².